The number of fused-ring (bicyclic) bond motifs is 3. The molecule has 0 bridgehead atoms. The summed E-state index contributed by atoms with van der Waals surface area (Å²) in [5.41, 5.74) is 6.69. The fourth-order valence-corrected chi connectivity index (χ4v) is 4.85. The van der Waals surface area contributed by atoms with Crippen molar-refractivity contribution in [3.63, 3.8) is 0 Å². The molecule has 2 N–H and O–H groups in total. The number of hydrogen-bond acceptors (Lipinski definition) is 8. The Morgan fingerprint density at radius 1 is 1.23 bits per heavy atom. The first-order chi connectivity index (χ1) is 14.8. The molecule has 1 atom stereocenters. The molecule has 3 aliphatic heterocycles. The van der Waals surface area contributed by atoms with Crippen LogP contribution in [-0.2, 0) is 21.4 Å². The van der Waals surface area contributed by atoms with Gasteiger partial charge in [0.05, 0.1) is 18.6 Å². The summed E-state index contributed by atoms with van der Waals surface area (Å²) < 4.78 is 17.7. The lowest BCUT2D eigenvalue weighted by Gasteiger charge is -2.61. The summed E-state index contributed by atoms with van der Waals surface area (Å²) in [6.45, 7) is 5.36. The van der Waals surface area contributed by atoms with Gasteiger partial charge in [-0.2, -0.15) is 5.26 Å². The molecule has 2 spiro atoms. The largest absolute Gasteiger partial charge is 0.487 e. The number of hydrogen-bond donors (Lipinski definition) is 1. The predicted molar refractivity (Wildman–Crippen MR) is 111 cm³/mol. The van der Waals surface area contributed by atoms with Gasteiger partial charge in [0.25, 0.3) is 6.02 Å². The standard InChI is InChI=1S/C23H22N4O4/c1-21(2)22(11-29-12-22)23(13-30-20(25)27-23)17-7-14(3-6-19(17)31-21)8-18(28)15-4-5-16(9-24)26-10-15/h3-7,10H,8,11-13H2,1-2H3,(H2,25,27). The monoisotopic (exact) mass is 418 g/mol. The van der Waals surface area contributed by atoms with Gasteiger partial charge in [-0.05, 0) is 43.7 Å². The quantitative estimate of drug-likeness (QED) is 0.758. The summed E-state index contributed by atoms with van der Waals surface area (Å²) in [6.07, 6.45) is 1.62. The van der Waals surface area contributed by atoms with Crippen LogP contribution in [0.1, 0.15) is 41.0 Å². The normalized spacial score (nSPS) is 24.4. The molecule has 0 aliphatic carbocycles. The Labute approximate surface area is 179 Å². The molecule has 0 amide bonds. The highest BCUT2D eigenvalue weighted by Gasteiger charge is 2.71. The van der Waals surface area contributed by atoms with Gasteiger partial charge in [-0.15, -0.1) is 0 Å². The van der Waals surface area contributed by atoms with E-state index in [2.05, 4.69) is 4.98 Å². The zero-order chi connectivity index (χ0) is 21.9. The van der Waals surface area contributed by atoms with E-state index in [4.69, 9.17) is 30.2 Å². The maximum atomic E-state index is 12.8. The van der Waals surface area contributed by atoms with Crippen LogP contribution in [0.3, 0.4) is 0 Å². The third-order valence-electron chi connectivity index (χ3n) is 6.79. The molecule has 31 heavy (non-hydrogen) atoms. The van der Waals surface area contributed by atoms with Gasteiger partial charge in [0.15, 0.2) is 5.78 Å². The van der Waals surface area contributed by atoms with Gasteiger partial charge >= 0.3 is 0 Å². The Bertz CT molecular complexity index is 1150. The van der Waals surface area contributed by atoms with E-state index < -0.39 is 16.6 Å². The molecule has 158 valence electrons. The topological polar surface area (TPSA) is 120 Å². The number of benzene rings is 1. The van der Waals surface area contributed by atoms with Crippen molar-refractivity contribution >= 4 is 11.8 Å². The minimum atomic E-state index is -0.735. The van der Waals surface area contributed by atoms with Crippen LogP contribution in [0, 0.1) is 16.7 Å². The van der Waals surface area contributed by atoms with Gasteiger partial charge in [0.2, 0.25) is 0 Å². The number of nitrogens with two attached hydrogens (primary N) is 1. The molecule has 8 heteroatoms. The Kier molecular flexibility index (Phi) is 4.11. The number of ketones is 1. The summed E-state index contributed by atoms with van der Waals surface area (Å²) in [6, 6.07) is 11.0. The van der Waals surface area contributed by atoms with Crippen LogP contribution in [0.4, 0.5) is 0 Å². The van der Waals surface area contributed by atoms with Crippen LogP contribution in [-0.4, -0.2) is 42.2 Å². The van der Waals surface area contributed by atoms with Gasteiger partial charge in [-0.25, -0.2) is 9.98 Å². The predicted octanol–water partition coefficient (Wildman–Crippen LogP) is 2.11. The molecular formula is C23H22N4O4. The second-order valence-electron chi connectivity index (χ2n) is 8.76. The highest BCUT2D eigenvalue weighted by molar-refractivity contribution is 5.97. The van der Waals surface area contributed by atoms with E-state index in [0.29, 0.717) is 31.1 Å². The lowest BCUT2D eigenvalue weighted by atomic mass is 9.55. The molecule has 4 heterocycles. The minimum absolute atomic E-state index is 0.0876. The Hall–Kier alpha value is -3.44. The molecule has 0 radical (unpaired) electrons. The average molecular weight is 418 g/mol. The highest BCUT2D eigenvalue weighted by atomic mass is 16.5. The van der Waals surface area contributed by atoms with Gasteiger partial charge in [0.1, 0.15) is 35.3 Å². The van der Waals surface area contributed by atoms with Crippen LogP contribution < -0.4 is 10.5 Å². The number of pyridine rings is 1. The highest BCUT2D eigenvalue weighted by Crippen LogP contribution is 2.62. The van der Waals surface area contributed by atoms with Crippen molar-refractivity contribution in [2.24, 2.45) is 16.1 Å². The number of nitriles is 1. The van der Waals surface area contributed by atoms with E-state index >= 15 is 0 Å². The van der Waals surface area contributed by atoms with E-state index in [1.807, 2.05) is 38.1 Å². The lowest BCUT2D eigenvalue weighted by Crippen LogP contribution is -2.71. The van der Waals surface area contributed by atoms with Gasteiger partial charge in [-0.1, -0.05) is 6.07 Å². The van der Waals surface area contributed by atoms with E-state index in [1.54, 1.807) is 12.1 Å². The van der Waals surface area contributed by atoms with Crippen molar-refractivity contribution in [1.29, 1.82) is 5.26 Å². The average Bonchev–Trinajstić information content (AvgIpc) is 3.09. The SMILES string of the molecule is CC1(C)Oc2ccc(CC(=O)c3ccc(C#N)nc3)cc2C2(COC(N)=N2)C12COC2. The number of carbonyl (C=O) groups excluding carboxylic acids is 1. The minimum Gasteiger partial charge on any atom is -0.487 e. The number of aliphatic imine (C=N–C) groups is 1. The van der Waals surface area contributed by atoms with Gasteiger partial charge in [0, 0.05) is 23.7 Å². The van der Waals surface area contributed by atoms with Gasteiger partial charge in [-0.3, -0.25) is 4.79 Å². The number of ether oxygens (including phenoxy) is 3. The van der Waals surface area contributed by atoms with Crippen molar-refractivity contribution in [3.8, 4) is 11.8 Å². The summed E-state index contributed by atoms with van der Waals surface area (Å²) in [5, 5.41) is 8.89. The molecule has 8 nitrogen and oxygen atoms in total. The van der Waals surface area contributed by atoms with Crippen molar-refractivity contribution in [3.05, 3.63) is 58.9 Å². The Morgan fingerprint density at radius 3 is 2.61 bits per heavy atom. The summed E-state index contributed by atoms with van der Waals surface area (Å²) in [4.78, 5) is 21.6. The second-order valence-corrected chi connectivity index (χ2v) is 8.76. The Morgan fingerprint density at radius 2 is 2.03 bits per heavy atom. The fraction of sp³-hybridized carbons (Fsp3) is 0.391. The number of carbonyl (C=O) groups is 1. The first-order valence-corrected chi connectivity index (χ1v) is 10.1. The van der Waals surface area contributed by atoms with E-state index in [-0.39, 0.29) is 23.9 Å². The Balaban J connectivity index is 1.54. The molecule has 2 aromatic rings. The summed E-state index contributed by atoms with van der Waals surface area (Å²) in [7, 11) is 0. The van der Waals surface area contributed by atoms with Crippen molar-refractivity contribution in [2.75, 3.05) is 19.8 Å². The first kappa shape index (κ1) is 19.5. The molecule has 1 fully saturated rings. The number of amidine groups is 1. The van der Waals surface area contributed by atoms with E-state index in [1.165, 1.54) is 6.20 Å². The fourth-order valence-electron chi connectivity index (χ4n) is 4.85. The van der Waals surface area contributed by atoms with E-state index in [9.17, 15) is 4.79 Å². The van der Waals surface area contributed by atoms with Crippen molar-refractivity contribution in [1.82, 2.24) is 4.98 Å². The van der Waals surface area contributed by atoms with Crippen LogP contribution >= 0.6 is 0 Å². The summed E-state index contributed by atoms with van der Waals surface area (Å²) >= 11 is 0. The second kappa shape index (κ2) is 6.53. The van der Waals surface area contributed by atoms with Crippen molar-refractivity contribution in [2.45, 2.75) is 31.4 Å². The zero-order valence-electron chi connectivity index (χ0n) is 17.3. The van der Waals surface area contributed by atoms with Crippen LogP contribution in [0.5, 0.6) is 5.75 Å². The van der Waals surface area contributed by atoms with Crippen molar-refractivity contribution < 1.29 is 19.0 Å². The third-order valence-corrected chi connectivity index (χ3v) is 6.79. The number of rotatable bonds is 3. The number of aromatic nitrogens is 1. The third kappa shape index (κ3) is 2.66. The molecule has 1 aromatic carbocycles. The molecular weight excluding hydrogens is 396 g/mol. The molecule has 3 aliphatic rings. The molecule has 1 saturated heterocycles. The smallest absolute Gasteiger partial charge is 0.283 e. The van der Waals surface area contributed by atoms with Gasteiger partial charge < -0.3 is 19.9 Å². The first-order valence-electron chi connectivity index (χ1n) is 10.1. The molecule has 1 aromatic heterocycles. The van der Waals surface area contributed by atoms with Crippen LogP contribution in [0.15, 0.2) is 41.5 Å². The lowest BCUT2D eigenvalue weighted by molar-refractivity contribution is -0.247. The molecule has 1 unspecified atom stereocenters. The summed E-state index contributed by atoms with van der Waals surface area (Å²) in [5.74, 6) is 0.622. The number of nitrogens with zero attached hydrogens (tertiary/aromatic N) is 3. The number of Topliss-reactive ketones (excluding diaryl/α,β-unsaturated/α-hetero) is 1. The van der Waals surface area contributed by atoms with Crippen LogP contribution in [0.2, 0.25) is 0 Å². The maximum absolute atomic E-state index is 12.8. The molecule has 0 saturated carbocycles. The maximum Gasteiger partial charge on any atom is 0.283 e. The van der Waals surface area contributed by atoms with Crippen LogP contribution in [0.25, 0.3) is 0 Å². The van der Waals surface area contributed by atoms with E-state index in [0.717, 1.165) is 11.1 Å². The molecule has 5 rings (SSSR count). The zero-order valence-corrected chi connectivity index (χ0v) is 17.3.